The molecule has 3 aromatic rings. The number of methoxy groups -OCH3 is 7. The molecule has 0 saturated heterocycles. The van der Waals surface area contributed by atoms with Gasteiger partial charge in [-0.05, 0) is 76.3 Å². The monoisotopic (exact) mass is 959 g/mol. The van der Waals surface area contributed by atoms with Gasteiger partial charge in [0.05, 0.1) is 99.1 Å². The number of hydrogen-bond acceptors (Lipinski definition) is 17. The highest BCUT2D eigenvalue weighted by Crippen LogP contribution is 2.37. The minimum Gasteiger partial charge on any atom is -0.469 e. The van der Waals surface area contributed by atoms with Crippen LogP contribution in [0.2, 0.25) is 0 Å². The summed E-state index contributed by atoms with van der Waals surface area (Å²) in [4.78, 5) is 129. The topological polar surface area (TPSA) is 290 Å². The van der Waals surface area contributed by atoms with Gasteiger partial charge in [0.1, 0.15) is 0 Å². The Morgan fingerprint density at radius 2 is 0.971 bits per heavy atom. The van der Waals surface area contributed by atoms with Gasteiger partial charge in [-0.25, -0.2) is 0 Å². The largest absolute Gasteiger partial charge is 0.469 e. The van der Waals surface area contributed by atoms with Crippen molar-refractivity contribution in [2.45, 2.75) is 96.4 Å². The SMILES string of the molecule is COC(=O)CCC1=C(CC(=O)OC)C(Cc2[nH]c(C=O)c(CCC(=O)OC)c2CC(=O)OC)=N/C1=C/c1[nH]c(Cc2[nH]c3c(c2CCC(=O)OC)CC(=O)NC3)c(CC(=O)OC)c1CCC(=O)OC. The number of aromatic amines is 3. The maximum Gasteiger partial charge on any atom is 0.310 e. The molecule has 0 radical (unpaired) electrons. The number of carbonyl (C=O) groups excluding carboxylic acids is 9. The lowest BCUT2D eigenvalue weighted by atomic mass is 9.93. The summed E-state index contributed by atoms with van der Waals surface area (Å²) < 4.78 is 34.9. The normalized spacial score (nSPS) is 13.6. The van der Waals surface area contributed by atoms with Crippen LogP contribution in [0.25, 0.3) is 6.08 Å². The number of H-pyrrole nitrogens is 3. The van der Waals surface area contributed by atoms with Gasteiger partial charge < -0.3 is 53.4 Å². The van der Waals surface area contributed by atoms with E-state index in [1.165, 1.54) is 49.8 Å². The molecule has 370 valence electrons. The second-order valence-corrected chi connectivity index (χ2v) is 16.0. The van der Waals surface area contributed by atoms with Crippen molar-refractivity contribution in [2.75, 3.05) is 49.8 Å². The van der Waals surface area contributed by atoms with Gasteiger partial charge in [0.15, 0.2) is 6.29 Å². The van der Waals surface area contributed by atoms with Crippen LogP contribution in [0.1, 0.15) is 111 Å². The van der Waals surface area contributed by atoms with E-state index in [-0.39, 0.29) is 114 Å². The van der Waals surface area contributed by atoms with Gasteiger partial charge in [0.25, 0.3) is 0 Å². The number of aromatic nitrogens is 3. The van der Waals surface area contributed by atoms with Crippen molar-refractivity contribution in [3.05, 3.63) is 84.4 Å². The van der Waals surface area contributed by atoms with Gasteiger partial charge >= 0.3 is 41.8 Å². The Morgan fingerprint density at radius 3 is 1.49 bits per heavy atom. The van der Waals surface area contributed by atoms with E-state index in [4.69, 9.17) is 38.2 Å². The average molecular weight is 960 g/mol. The Labute approximate surface area is 397 Å². The highest BCUT2D eigenvalue weighted by Gasteiger charge is 2.32. The molecule has 1 amide bonds. The average Bonchev–Trinajstić information content (AvgIpc) is 4.06. The first kappa shape index (κ1) is 52.4. The molecule has 5 heterocycles. The standard InChI is InChI=1S/C48H57N5O16/c1-63-42(56)12-8-25-29-16-41(55)49-23-39(29)52-35(25)21-36-30(17-46(60)67-5)26(9-13-43(57)64-2)33(50-36)20-34-27(10-14-44(58)65-3)31(18-47(61)68-6)37(51-34)22-38-32(19-48(62)69-7)28(40(24-54)53-38)11-15-45(59)66-4/h20,24,50,52-53H,8-19,21-23H2,1-7H3,(H,49,55)/b34-20+. The molecule has 69 heavy (non-hydrogen) atoms. The number of aldehydes is 1. The molecular weight excluding hydrogens is 903 g/mol. The van der Waals surface area contributed by atoms with Gasteiger partial charge in [-0.3, -0.25) is 48.1 Å². The van der Waals surface area contributed by atoms with Crippen molar-refractivity contribution >= 4 is 65.8 Å². The predicted octanol–water partition coefficient (Wildman–Crippen LogP) is 2.85. The number of allylic oxidation sites excluding steroid dienone is 1. The second-order valence-electron chi connectivity index (χ2n) is 16.0. The van der Waals surface area contributed by atoms with Crippen molar-refractivity contribution in [3.63, 3.8) is 0 Å². The van der Waals surface area contributed by atoms with E-state index < -0.39 is 41.8 Å². The van der Waals surface area contributed by atoms with E-state index in [9.17, 15) is 43.2 Å². The molecule has 21 nitrogen and oxygen atoms in total. The zero-order valence-electron chi connectivity index (χ0n) is 39.7. The van der Waals surface area contributed by atoms with Crippen LogP contribution in [0, 0.1) is 0 Å². The van der Waals surface area contributed by atoms with Crippen LogP contribution in [0.15, 0.2) is 21.8 Å². The molecule has 3 aromatic heterocycles. The summed E-state index contributed by atoms with van der Waals surface area (Å²) in [5.41, 5.74) is 7.56. The number of nitrogens with zero attached hydrogens (tertiary/aromatic N) is 1. The van der Waals surface area contributed by atoms with E-state index in [0.29, 0.717) is 68.2 Å². The van der Waals surface area contributed by atoms with Crippen molar-refractivity contribution in [3.8, 4) is 0 Å². The zero-order chi connectivity index (χ0) is 50.4. The van der Waals surface area contributed by atoms with Crippen LogP contribution < -0.4 is 5.32 Å². The van der Waals surface area contributed by atoms with Crippen molar-refractivity contribution in [1.29, 1.82) is 0 Å². The van der Waals surface area contributed by atoms with Gasteiger partial charge in [-0.2, -0.15) is 0 Å². The van der Waals surface area contributed by atoms with E-state index in [0.717, 1.165) is 16.8 Å². The van der Waals surface area contributed by atoms with Crippen LogP contribution in [-0.2, 0) is 129 Å². The lowest BCUT2D eigenvalue weighted by Crippen LogP contribution is -2.30. The lowest BCUT2D eigenvalue weighted by Gasteiger charge is -2.14. The van der Waals surface area contributed by atoms with Crippen LogP contribution in [-0.4, -0.2) is 124 Å². The summed E-state index contributed by atoms with van der Waals surface area (Å²) in [5.74, 6) is -4.12. The Morgan fingerprint density at radius 1 is 0.522 bits per heavy atom. The molecule has 0 saturated carbocycles. The highest BCUT2D eigenvalue weighted by atomic mass is 16.5. The first-order chi connectivity index (χ1) is 33.1. The molecule has 0 aromatic carbocycles. The van der Waals surface area contributed by atoms with Crippen molar-refractivity contribution in [2.24, 2.45) is 4.99 Å². The lowest BCUT2D eigenvalue weighted by molar-refractivity contribution is -0.141. The number of nitrogens with one attached hydrogen (secondary N) is 4. The fourth-order valence-corrected chi connectivity index (χ4v) is 8.57. The third-order valence-corrected chi connectivity index (χ3v) is 12.1. The summed E-state index contributed by atoms with van der Waals surface area (Å²) in [6.07, 6.45) is 1.61. The molecule has 5 rings (SSSR count). The first-order valence-corrected chi connectivity index (χ1v) is 22.0. The minimum absolute atomic E-state index is 0.0198. The smallest absolute Gasteiger partial charge is 0.310 e. The third kappa shape index (κ3) is 13.1. The fraction of sp³-hybridized carbons (Fsp3) is 0.458. The Bertz CT molecular complexity index is 2600. The fourth-order valence-electron chi connectivity index (χ4n) is 8.57. The molecule has 0 bridgehead atoms. The van der Waals surface area contributed by atoms with E-state index in [1.807, 2.05) is 0 Å². The van der Waals surface area contributed by atoms with Gasteiger partial charge in [0, 0.05) is 67.0 Å². The Balaban J connectivity index is 1.76. The quantitative estimate of drug-likeness (QED) is 0.0570. The summed E-state index contributed by atoms with van der Waals surface area (Å²) in [5, 5.41) is 2.83. The Kier molecular flexibility index (Phi) is 18.6. The molecule has 4 N–H and O–H groups in total. The van der Waals surface area contributed by atoms with Gasteiger partial charge in [0.2, 0.25) is 5.91 Å². The highest BCUT2D eigenvalue weighted by molar-refractivity contribution is 6.09. The van der Waals surface area contributed by atoms with Crippen LogP contribution >= 0.6 is 0 Å². The zero-order valence-corrected chi connectivity index (χ0v) is 39.7. The van der Waals surface area contributed by atoms with E-state index in [1.54, 1.807) is 6.08 Å². The van der Waals surface area contributed by atoms with Crippen molar-refractivity contribution in [1.82, 2.24) is 20.3 Å². The summed E-state index contributed by atoms with van der Waals surface area (Å²) in [7, 11) is 8.69. The van der Waals surface area contributed by atoms with Crippen LogP contribution in [0.5, 0.6) is 0 Å². The number of ether oxygens (including phenoxy) is 7. The maximum atomic E-state index is 13.2. The van der Waals surface area contributed by atoms with Crippen LogP contribution in [0.4, 0.5) is 0 Å². The molecule has 0 fully saturated rings. The van der Waals surface area contributed by atoms with Crippen LogP contribution in [0.3, 0.4) is 0 Å². The Hall–Kier alpha value is -7.58. The summed E-state index contributed by atoms with van der Waals surface area (Å²) >= 11 is 0. The molecule has 0 aliphatic carbocycles. The van der Waals surface area contributed by atoms with Crippen molar-refractivity contribution < 1.29 is 76.3 Å². The third-order valence-electron chi connectivity index (χ3n) is 12.1. The number of hydrogen-bond donors (Lipinski definition) is 4. The number of fused-ring (bicyclic) bond motifs is 1. The molecule has 2 aliphatic rings. The number of rotatable bonds is 24. The molecule has 0 atom stereocenters. The summed E-state index contributed by atoms with van der Waals surface area (Å²) in [6.45, 7) is 0.230. The van der Waals surface area contributed by atoms with E-state index in [2.05, 4.69) is 20.3 Å². The maximum absolute atomic E-state index is 13.2. The number of amides is 1. The van der Waals surface area contributed by atoms with Gasteiger partial charge in [-0.15, -0.1) is 0 Å². The molecule has 0 unspecified atom stereocenters. The first-order valence-electron chi connectivity index (χ1n) is 22.0. The second kappa shape index (κ2) is 24.4. The number of aliphatic imine (C=N–C) groups is 1. The predicted molar refractivity (Wildman–Crippen MR) is 243 cm³/mol. The molecular formula is C48H57N5O16. The van der Waals surface area contributed by atoms with E-state index >= 15 is 0 Å². The molecule has 0 spiro atoms. The summed E-state index contributed by atoms with van der Waals surface area (Å²) in [6, 6.07) is 0. The molecule has 2 aliphatic heterocycles. The van der Waals surface area contributed by atoms with Gasteiger partial charge in [-0.1, -0.05) is 0 Å². The minimum atomic E-state index is -0.641. The number of carbonyl (C=O) groups is 9. The number of esters is 7. The molecule has 21 heteroatoms.